The Kier molecular flexibility index (Phi) is 5.36. The van der Waals surface area contributed by atoms with Gasteiger partial charge in [-0.05, 0) is 24.4 Å². The summed E-state index contributed by atoms with van der Waals surface area (Å²) in [6.45, 7) is 1.39. The number of urea groups is 1. The highest BCUT2D eigenvalue weighted by Crippen LogP contribution is 2.28. The molecule has 7 heteroatoms. The van der Waals surface area contributed by atoms with Crippen molar-refractivity contribution in [2.75, 3.05) is 14.2 Å². The molecule has 0 aliphatic carbocycles. The lowest BCUT2D eigenvalue weighted by Gasteiger charge is -2.14. The Morgan fingerprint density at radius 2 is 1.71 bits per heavy atom. The van der Waals surface area contributed by atoms with Crippen LogP contribution in [0.1, 0.15) is 17.3 Å². The van der Waals surface area contributed by atoms with Gasteiger partial charge in [-0.15, -0.1) is 0 Å². The molecular weight excluding hydrogens is 312 g/mol. The Bertz CT molecular complexity index is 788. The van der Waals surface area contributed by atoms with Crippen molar-refractivity contribution in [1.82, 2.24) is 10.6 Å². The van der Waals surface area contributed by atoms with Gasteiger partial charge >= 0.3 is 12.0 Å². The Hall–Kier alpha value is -3.09. The lowest BCUT2D eigenvalue weighted by molar-refractivity contribution is -0.127. The number of imide groups is 1. The highest BCUT2D eigenvalue weighted by atomic mass is 16.5. The number of ether oxygens (including phenoxy) is 2. The highest BCUT2D eigenvalue weighted by molar-refractivity contribution is 6.07. The molecule has 0 aliphatic heterocycles. The number of amides is 3. The van der Waals surface area contributed by atoms with Crippen molar-refractivity contribution in [3.8, 4) is 5.75 Å². The number of carbonyl (C=O) groups is 3. The van der Waals surface area contributed by atoms with Gasteiger partial charge in [0.2, 0.25) is 0 Å². The Balaban J connectivity index is 2.23. The van der Waals surface area contributed by atoms with Crippen LogP contribution in [0, 0.1) is 0 Å². The van der Waals surface area contributed by atoms with E-state index >= 15 is 0 Å². The standard InChI is InChI=1S/C17H18N2O5/c1-10(15(20)19-17(22)18-2)24-16(21)13-8-9-14(23-3)12-7-5-4-6-11(12)13/h4-10H,1-3H3,(H2,18,19,20,22)/t10-/m0/s1. The molecule has 7 nitrogen and oxygen atoms in total. The van der Waals surface area contributed by atoms with E-state index in [1.807, 2.05) is 12.1 Å². The fraction of sp³-hybridized carbons (Fsp3) is 0.235. The Labute approximate surface area is 138 Å². The molecule has 0 unspecified atom stereocenters. The Morgan fingerprint density at radius 1 is 1.04 bits per heavy atom. The third-order valence-electron chi connectivity index (χ3n) is 3.44. The first-order valence-corrected chi connectivity index (χ1v) is 7.27. The molecule has 2 aromatic rings. The maximum atomic E-state index is 12.4. The van der Waals surface area contributed by atoms with E-state index in [4.69, 9.17) is 9.47 Å². The summed E-state index contributed by atoms with van der Waals surface area (Å²) in [6, 6.07) is 9.79. The van der Waals surface area contributed by atoms with E-state index in [0.717, 1.165) is 5.39 Å². The van der Waals surface area contributed by atoms with E-state index < -0.39 is 24.0 Å². The molecule has 0 fully saturated rings. The predicted octanol–water partition coefficient (Wildman–Crippen LogP) is 1.85. The lowest BCUT2D eigenvalue weighted by Crippen LogP contribution is -2.43. The van der Waals surface area contributed by atoms with Gasteiger partial charge in [0.1, 0.15) is 5.75 Å². The van der Waals surface area contributed by atoms with Gasteiger partial charge in [0.25, 0.3) is 5.91 Å². The lowest BCUT2D eigenvalue weighted by atomic mass is 10.0. The smallest absolute Gasteiger partial charge is 0.339 e. The van der Waals surface area contributed by atoms with Gasteiger partial charge in [-0.3, -0.25) is 10.1 Å². The number of rotatable bonds is 4. The zero-order valence-electron chi connectivity index (χ0n) is 13.6. The minimum atomic E-state index is -1.12. The predicted molar refractivity (Wildman–Crippen MR) is 88.0 cm³/mol. The maximum Gasteiger partial charge on any atom is 0.339 e. The van der Waals surface area contributed by atoms with Gasteiger partial charge in [0.15, 0.2) is 6.10 Å². The van der Waals surface area contributed by atoms with E-state index in [0.29, 0.717) is 16.7 Å². The molecule has 0 radical (unpaired) electrons. The SMILES string of the molecule is CNC(=O)NC(=O)[C@H](C)OC(=O)c1ccc(OC)c2ccccc12. The normalized spacial score (nSPS) is 11.5. The van der Waals surface area contributed by atoms with E-state index in [-0.39, 0.29) is 0 Å². The number of esters is 1. The van der Waals surface area contributed by atoms with E-state index in [9.17, 15) is 14.4 Å². The maximum absolute atomic E-state index is 12.4. The molecule has 1 atom stereocenters. The second kappa shape index (κ2) is 7.45. The molecule has 2 rings (SSSR count). The number of hydrogen-bond acceptors (Lipinski definition) is 5. The largest absolute Gasteiger partial charge is 0.496 e. The molecule has 0 aliphatic rings. The second-order valence-corrected chi connectivity index (χ2v) is 4.98. The summed E-state index contributed by atoms with van der Waals surface area (Å²) in [5, 5.41) is 5.72. The van der Waals surface area contributed by atoms with Gasteiger partial charge < -0.3 is 14.8 Å². The monoisotopic (exact) mass is 330 g/mol. The van der Waals surface area contributed by atoms with Gasteiger partial charge in [-0.1, -0.05) is 24.3 Å². The van der Waals surface area contributed by atoms with Gasteiger partial charge in [0.05, 0.1) is 12.7 Å². The topological polar surface area (TPSA) is 93.7 Å². The average molecular weight is 330 g/mol. The fourth-order valence-electron chi connectivity index (χ4n) is 2.18. The van der Waals surface area contributed by atoms with E-state index in [1.165, 1.54) is 14.0 Å². The summed E-state index contributed by atoms with van der Waals surface area (Å²) in [7, 11) is 2.92. The first-order valence-electron chi connectivity index (χ1n) is 7.27. The van der Waals surface area contributed by atoms with Crippen LogP contribution in [-0.2, 0) is 9.53 Å². The summed E-state index contributed by atoms with van der Waals surface area (Å²) in [4.78, 5) is 35.3. The summed E-state index contributed by atoms with van der Waals surface area (Å²) < 4.78 is 10.4. The number of benzene rings is 2. The quantitative estimate of drug-likeness (QED) is 0.835. The van der Waals surface area contributed by atoms with Gasteiger partial charge in [0, 0.05) is 12.4 Å². The molecule has 126 valence electrons. The summed E-state index contributed by atoms with van der Waals surface area (Å²) in [5.41, 5.74) is 0.311. The molecule has 24 heavy (non-hydrogen) atoms. The van der Waals surface area contributed by atoms with Crippen LogP contribution in [0.4, 0.5) is 4.79 Å². The molecule has 0 saturated carbocycles. The first-order chi connectivity index (χ1) is 11.5. The van der Waals surface area contributed by atoms with Crippen molar-refractivity contribution in [1.29, 1.82) is 0 Å². The van der Waals surface area contributed by atoms with Crippen LogP contribution < -0.4 is 15.4 Å². The van der Waals surface area contributed by atoms with E-state index in [1.54, 1.807) is 31.4 Å². The summed E-state index contributed by atoms with van der Waals surface area (Å²) in [5.74, 6) is -0.735. The van der Waals surface area contributed by atoms with Crippen molar-refractivity contribution in [2.45, 2.75) is 13.0 Å². The number of hydrogen-bond donors (Lipinski definition) is 2. The van der Waals surface area contributed by atoms with Crippen molar-refractivity contribution in [3.05, 3.63) is 42.0 Å². The number of methoxy groups -OCH3 is 1. The summed E-state index contributed by atoms with van der Waals surface area (Å²) in [6.07, 6.45) is -1.12. The zero-order chi connectivity index (χ0) is 17.7. The van der Waals surface area contributed by atoms with Crippen LogP contribution >= 0.6 is 0 Å². The van der Waals surface area contributed by atoms with Crippen LogP contribution in [-0.4, -0.2) is 38.2 Å². The fourth-order valence-corrected chi connectivity index (χ4v) is 2.18. The van der Waals surface area contributed by atoms with Crippen molar-refractivity contribution in [3.63, 3.8) is 0 Å². The van der Waals surface area contributed by atoms with Crippen LogP contribution in [0.25, 0.3) is 10.8 Å². The molecule has 0 bridgehead atoms. The molecule has 0 aromatic heterocycles. The molecule has 3 amide bonds. The molecular formula is C17H18N2O5. The zero-order valence-corrected chi connectivity index (χ0v) is 13.6. The second-order valence-electron chi connectivity index (χ2n) is 4.98. The molecule has 2 N–H and O–H groups in total. The number of fused-ring (bicyclic) bond motifs is 1. The minimum Gasteiger partial charge on any atom is -0.496 e. The van der Waals surface area contributed by atoms with E-state index in [2.05, 4.69) is 10.6 Å². The minimum absolute atomic E-state index is 0.311. The molecule has 2 aromatic carbocycles. The third-order valence-corrected chi connectivity index (χ3v) is 3.44. The summed E-state index contributed by atoms with van der Waals surface area (Å²) >= 11 is 0. The van der Waals surface area contributed by atoms with Crippen molar-refractivity contribution < 1.29 is 23.9 Å². The highest BCUT2D eigenvalue weighted by Gasteiger charge is 2.22. The van der Waals surface area contributed by atoms with Gasteiger partial charge in [-0.25, -0.2) is 9.59 Å². The van der Waals surface area contributed by atoms with Crippen LogP contribution in [0.2, 0.25) is 0 Å². The van der Waals surface area contributed by atoms with Crippen LogP contribution in [0.15, 0.2) is 36.4 Å². The van der Waals surface area contributed by atoms with Crippen LogP contribution in [0.3, 0.4) is 0 Å². The Morgan fingerprint density at radius 3 is 2.33 bits per heavy atom. The first kappa shape index (κ1) is 17.3. The molecule has 0 heterocycles. The average Bonchev–Trinajstić information content (AvgIpc) is 2.60. The van der Waals surface area contributed by atoms with Gasteiger partial charge in [-0.2, -0.15) is 0 Å². The van der Waals surface area contributed by atoms with Crippen molar-refractivity contribution >= 4 is 28.7 Å². The molecule has 0 saturated heterocycles. The molecule has 0 spiro atoms. The van der Waals surface area contributed by atoms with Crippen LogP contribution in [0.5, 0.6) is 5.75 Å². The number of carbonyl (C=O) groups excluding carboxylic acids is 3. The van der Waals surface area contributed by atoms with Crippen molar-refractivity contribution in [2.24, 2.45) is 0 Å². The number of nitrogens with one attached hydrogen (secondary N) is 2. The third kappa shape index (κ3) is 3.62.